The Balaban J connectivity index is 0.00000240. The first kappa shape index (κ1) is 20.7. The summed E-state index contributed by atoms with van der Waals surface area (Å²) in [5.74, 6) is 0.0613. The van der Waals surface area contributed by atoms with Crippen molar-refractivity contribution < 1.29 is 14.7 Å². The monoisotopic (exact) mass is 414 g/mol. The second-order valence-corrected chi connectivity index (χ2v) is 7.08. The number of amidine groups is 1. The smallest absolute Gasteiger partial charge is 0.322 e. The summed E-state index contributed by atoms with van der Waals surface area (Å²) in [6, 6.07) is 13.5. The molecular formula is C21H23ClN4O3. The van der Waals surface area contributed by atoms with E-state index in [1.54, 1.807) is 4.90 Å². The third-order valence-corrected chi connectivity index (χ3v) is 5.14. The summed E-state index contributed by atoms with van der Waals surface area (Å²) in [6.45, 7) is 3.09. The quantitative estimate of drug-likeness (QED) is 0.694. The average molecular weight is 415 g/mol. The van der Waals surface area contributed by atoms with Gasteiger partial charge in [0.05, 0.1) is 18.4 Å². The van der Waals surface area contributed by atoms with Gasteiger partial charge in [-0.3, -0.25) is 14.7 Å². The van der Waals surface area contributed by atoms with Gasteiger partial charge >= 0.3 is 12.0 Å². The summed E-state index contributed by atoms with van der Waals surface area (Å²) in [5, 5.41) is 15.0. The minimum atomic E-state index is -0.804. The van der Waals surface area contributed by atoms with Gasteiger partial charge in [0.2, 0.25) is 0 Å². The molecule has 3 N–H and O–H groups in total. The molecule has 2 amide bonds. The lowest BCUT2D eigenvalue weighted by atomic mass is 10.0. The number of benzene rings is 2. The first-order chi connectivity index (χ1) is 13.5. The van der Waals surface area contributed by atoms with Crippen LogP contribution in [-0.2, 0) is 17.8 Å². The zero-order valence-corrected chi connectivity index (χ0v) is 16.8. The molecule has 2 aliphatic rings. The Morgan fingerprint density at radius 2 is 2.00 bits per heavy atom. The average Bonchev–Trinajstić information content (AvgIpc) is 3.07. The molecule has 0 aromatic heterocycles. The van der Waals surface area contributed by atoms with E-state index in [9.17, 15) is 9.59 Å². The van der Waals surface area contributed by atoms with Gasteiger partial charge in [-0.25, -0.2) is 4.79 Å². The largest absolute Gasteiger partial charge is 0.481 e. The molecule has 2 aromatic carbocycles. The van der Waals surface area contributed by atoms with Crippen LogP contribution in [0.4, 0.5) is 16.2 Å². The van der Waals surface area contributed by atoms with Crippen molar-refractivity contribution in [2.75, 3.05) is 16.8 Å². The number of aliphatic imine (C=N–C) groups is 1. The molecule has 8 heteroatoms. The number of urea groups is 1. The van der Waals surface area contributed by atoms with E-state index in [4.69, 9.17) is 5.11 Å². The predicted molar refractivity (Wildman–Crippen MR) is 115 cm³/mol. The molecule has 4 rings (SSSR count). The number of carboxylic acid groups (broad SMARTS) is 1. The standard InChI is InChI=1S/C21H22N4O3.ClH/c1-13-22-11-16-7-8-17(10-18(16)24-13)25-19(12-23-21(25)28)15-5-2-14(3-6-15)4-9-20(26)27;/h2-3,5-8,10,19H,4,9,11-12H2,1H3,(H,22,24)(H,23,28)(H,26,27);1H. The number of anilines is 2. The molecule has 2 aliphatic heterocycles. The van der Waals surface area contributed by atoms with Gasteiger partial charge in [-0.1, -0.05) is 30.3 Å². The number of carboxylic acids is 1. The second-order valence-electron chi connectivity index (χ2n) is 7.08. The van der Waals surface area contributed by atoms with Crippen molar-refractivity contribution in [3.05, 3.63) is 59.2 Å². The van der Waals surface area contributed by atoms with Crippen LogP contribution in [0.2, 0.25) is 0 Å². The Labute approximate surface area is 175 Å². The van der Waals surface area contributed by atoms with Crippen LogP contribution in [0.25, 0.3) is 0 Å². The maximum atomic E-state index is 12.5. The SMILES string of the molecule is CC1=NCc2ccc(N3C(=O)NCC3c3ccc(CCC(=O)O)cc3)cc2N1.Cl. The highest BCUT2D eigenvalue weighted by molar-refractivity contribution is 5.99. The van der Waals surface area contributed by atoms with Crippen molar-refractivity contribution in [2.24, 2.45) is 4.99 Å². The maximum absolute atomic E-state index is 12.5. The summed E-state index contributed by atoms with van der Waals surface area (Å²) in [7, 11) is 0. The van der Waals surface area contributed by atoms with Crippen LogP contribution in [0.1, 0.15) is 36.1 Å². The fraction of sp³-hybridized carbons (Fsp3) is 0.286. The highest BCUT2D eigenvalue weighted by Crippen LogP contribution is 2.34. The molecule has 7 nitrogen and oxygen atoms in total. The molecule has 1 unspecified atom stereocenters. The lowest BCUT2D eigenvalue weighted by Crippen LogP contribution is -2.30. The minimum Gasteiger partial charge on any atom is -0.481 e. The molecule has 1 saturated heterocycles. The third kappa shape index (κ3) is 4.35. The third-order valence-electron chi connectivity index (χ3n) is 5.14. The van der Waals surface area contributed by atoms with E-state index in [0.717, 1.165) is 33.9 Å². The number of aliphatic carboxylic acids is 1. The molecule has 2 aromatic rings. The number of amides is 2. The molecule has 1 fully saturated rings. The van der Waals surface area contributed by atoms with Crippen LogP contribution in [0.5, 0.6) is 0 Å². The topological polar surface area (TPSA) is 94.0 Å². The molecule has 0 bridgehead atoms. The molecule has 29 heavy (non-hydrogen) atoms. The van der Waals surface area contributed by atoms with Crippen LogP contribution >= 0.6 is 12.4 Å². The number of aryl methyl sites for hydroxylation is 1. The highest BCUT2D eigenvalue weighted by Gasteiger charge is 2.33. The Kier molecular flexibility index (Phi) is 6.08. The molecule has 0 aliphatic carbocycles. The van der Waals surface area contributed by atoms with Gasteiger partial charge < -0.3 is 15.7 Å². The maximum Gasteiger partial charge on any atom is 0.322 e. The van der Waals surface area contributed by atoms with E-state index in [2.05, 4.69) is 15.6 Å². The Morgan fingerprint density at radius 1 is 1.24 bits per heavy atom. The number of hydrogen-bond acceptors (Lipinski definition) is 4. The summed E-state index contributed by atoms with van der Waals surface area (Å²) in [6.07, 6.45) is 0.609. The van der Waals surface area contributed by atoms with E-state index in [1.807, 2.05) is 49.4 Å². The Morgan fingerprint density at radius 3 is 2.72 bits per heavy atom. The van der Waals surface area contributed by atoms with E-state index in [0.29, 0.717) is 19.5 Å². The van der Waals surface area contributed by atoms with Gasteiger partial charge in [-0.15, -0.1) is 12.4 Å². The van der Waals surface area contributed by atoms with Gasteiger partial charge in [-0.05, 0) is 42.2 Å². The number of fused-ring (bicyclic) bond motifs is 1. The highest BCUT2D eigenvalue weighted by atomic mass is 35.5. The van der Waals surface area contributed by atoms with Crippen molar-refractivity contribution in [1.29, 1.82) is 0 Å². The molecule has 152 valence electrons. The van der Waals surface area contributed by atoms with E-state index in [-0.39, 0.29) is 30.9 Å². The summed E-state index contributed by atoms with van der Waals surface area (Å²) in [4.78, 5) is 29.4. The number of halogens is 1. The lowest BCUT2D eigenvalue weighted by molar-refractivity contribution is -0.136. The number of nitrogens with one attached hydrogen (secondary N) is 2. The zero-order chi connectivity index (χ0) is 19.7. The van der Waals surface area contributed by atoms with Gasteiger partial charge in [-0.2, -0.15) is 0 Å². The van der Waals surface area contributed by atoms with Crippen molar-refractivity contribution in [3.63, 3.8) is 0 Å². The van der Waals surface area contributed by atoms with Crippen LogP contribution in [0, 0.1) is 0 Å². The predicted octanol–water partition coefficient (Wildman–Crippen LogP) is 3.74. The van der Waals surface area contributed by atoms with Crippen LogP contribution in [0.15, 0.2) is 47.5 Å². The van der Waals surface area contributed by atoms with Crippen LogP contribution in [-0.4, -0.2) is 29.5 Å². The number of nitrogens with zero attached hydrogens (tertiary/aromatic N) is 2. The number of rotatable bonds is 5. The fourth-order valence-corrected chi connectivity index (χ4v) is 3.63. The zero-order valence-electron chi connectivity index (χ0n) is 16.0. The number of carbonyl (C=O) groups excluding carboxylic acids is 1. The first-order valence-electron chi connectivity index (χ1n) is 9.30. The van der Waals surface area contributed by atoms with Gasteiger partial charge in [0.1, 0.15) is 0 Å². The Hall–Kier alpha value is -3.06. The molecule has 0 radical (unpaired) electrons. The minimum absolute atomic E-state index is 0. The number of hydrogen-bond donors (Lipinski definition) is 3. The lowest BCUT2D eigenvalue weighted by Gasteiger charge is -2.26. The second kappa shape index (κ2) is 8.53. The molecule has 2 heterocycles. The first-order valence-corrected chi connectivity index (χ1v) is 9.30. The van der Waals surface area contributed by atoms with E-state index >= 15 is 0 Å². The molecule has 0 spiro atoms. The van der Waals surface area contributed by atoms with Crippen molar-refractivity contribution in [1.82, 2.24) is 5.32 Å². The molecule has 1 atom stereocenters. The summed E-state index contributed by atoms with van der Waals surface area (Å²) in [5.41, 5.74) is 4.90. The van der Waals surface area contributed by atoms with Gasteiger partial charge in [0.15, 0.2) is 0 Å². The van der Waals surface area contributed by atoms with Crippen molar-refractivity contribution >= 4 is 41.6 Å². The van der Waals surface area contributed by atoms with Gasteiger partial charge in [0.25, 0.3) is 0 Å². The van der Waals surface area contributed by atoms with Gasteiger partial charge in [0, 0.05) is 24.3 Å². The van der Waals surface area contributed by atoms with Crippen molar-refractivity contribution in [3.8, 4) is 0 Å². The summed E-state index contributed by atoms with van der Waals surface area (Å²) >= 11 is 0. The molecule has 0 saturated carbocycles. The molecular weight excluding hydrogens is 392 g/mol. The van der Waals surface area contributed by atoms with Crippen molar-refractivity contribution in [2.45, 2.75) is 32.4 Å². The summed E-state index contributed by atoms with van der Waals surface area (Å²) < 4.78 is 0. The Bertz CT molecular complexity index is 959. The van der Waals surface area contributed by atoms with Crippen LogP contribution < -0.4 is 15.5 Å². The number of carbonyl (C=O) groups is 2. The van der Waals surface area contributed by atoms with Crippen LogP contribution in [0.3, 0.4) is 0 Å². The fourth-order valence-electron chi connectivity index (χ4n) is 3.63. The van der Waals surface area contributed by atoms with E-state index < -0.39 is 5.97 Å². The van der Waals surface area contributed by atoms with E-state index in [1.165, 1.54) is 0 Å². The normalized spacial score (nSPS) is 17.6.